The number of nitrogens with one attached hydrogen (secondary N) is 3. The molecule has 1 aliphatic rings. The number of aromatic nitrogens is 2. The highest BCUT2D eigenvalue weighted by atomic mass is 19.4. The molecule has 3 N–H and O–H groups in total. The van der Waals surface area contributed by atoms with Crippen molar-refractivity contribution in [1.29, 1.82) is 0 Å². The van der Waals surface area contributed by atoms with Crippen LogP contribution in [0.2, 0.25) is 0 Å². The van der Waals surface area contributed by atoms with Gasteiger partial charge in [0, 0.05) is 32.4 Å². The summed E-state index contributed by atoms with van der Waals surface area (Å²) in [5, 5.41) is 8.16. The number of nitrogens with zero attached hydrogens (tertiary/aromatic N) is 3. The van der Waals surface area contributed by atoms with Crippen LogP contribution in [-0.2, 0) is 10.9 Å². The summed E-state index contributed by atoms with van der Waals surface area (Å²) < 4.78 is 46.3. The molecule has 1 amide bonds. The maximum absolute atomic E-state index is 13.7. The van der Waals surface area contributed by atoms with Gasteiger partial charge in [-0.05, 0) is 24.3 Å². The van der Waals surface area contributed by atoms with E-state index in [1.54, 1.807) is 24.4 Å². The van der Waals surface area contributed by atoms with Crippen LogP contribution in [-0.4, -0.2) is 49.2 Å². The van der Waals surface area contributed by atoms with E-state index in [-0.39, 0.29) is 22.8 Å². The Morgan fingerprint density at radius 1 is 0.971 bits per heavy atom. The molecule has 0 radical (unpaired) electrons. The van der Waals surface area contributed by atoms with Gasteiger partial charge < -0.3 is 25.6 Å². The smallest absolute Gasteiger partial charge is 0.378 e. The molecule has 0 atom stereocenters. The van der Waals surface area contributed by atoms with Crippen LogP contribution in [0.4, 0.5) is 41.9 Å². The van der Waals surface area contributed by atoms with E-state index in [9.17, 15) is 18.0 Å². The highest BCUT2D eigenvalue weighted by Crippen LogP contribution is 2.37. The Bertz CT molecular complexity index is 1150. The minimum atomic E-state index is -4.64. The van der Waals surface area contributed by atoms with Crippen molar-refractivity contribution in [3.8, 4) is 0 Å². The van der Waals surface area contributed by atoms with Gasteiger partial charge in [0.1, 0.15) is 11.6 Å². The fraction of sp³-hybridized carbons (Fsp3) is 0.261. The molecule has 1 aromatic carbocycles. The highest BCUT2D eigenvalue weighted by molar-refractivity contribution is 6.00. The van der Waals surface area contributed by atoms with E-state index in [1.165, 1.54) is 25.2 Å². The molecule has 3 aromatic rings. The van der Waals surface area contributed by atoms with Gasteiger partial charge in [-0.15, -0.1) is 0 Å². The number of ether oxygens (including phenoxy) is 1. The zero-order chi connectivity index (χ0) is 24.1. The monoisotopic (exact) mass is 472 g/mol. The summed E-state index contributed by atoms with van der Waals surface area (Å²) in [5.74, 6) is 0.175. The van der Waals surface area contributed by atoms with Gasteiger partial charge >= 0.3 is 6.18 Å². The SMILES string of the molecule is CNC(=O)c1ccccc1Nc1cc(Nc2ccc(N3CCOCC3)cn2)ncc1C(F)(F)F. The van der Waals surface area contributed by atoms with Crippen molar-refractivity contribution in [1.82, 2.24) is 15.3 Å². The fourth-order valence-electron chi connectivity index (χ4n) is 3.52. The van der Waals surface area contributed by atoms with Crippen LogP contribution in [0.15, 0.2) is 54.9 Å². The third-order valence-corrected chi connectivity index (χ3v) is 5.26. The van der Waals surface area contributed by atoms with Crippen LogP contribution in [0, 0.1) is 0 Å². The predicted octanol–water partition coefficient (Wildman–Crippen LogP) is 4.18. The Morgan fingerprint density at radius 3 is 2.38 bits per heavy atom. The zero-order valence-electron chi connectivity index (χ0n) is 18.3. The van der Waals surface area contributed by atoms with Crippen LogP contribution in [0.25, 0.3) is 0 Å². The molecule has 34 heavy (non-hydrogen) atoms. The van der Waals surface area contributed by atoms with Crippen LogP contribution in [0.3, 0.4) is 0 Å². The van der Waals surface area contributed by atoms with Crippen molar-refractivity contribution in [2.24, 2.45) is 0 Å². The molecule has 4 rings (SSSR count). The molecule has 0 unspecified atom stereocenters. The summed E-state index contributed by atoms with van der Waals surface area (Å²) in [4.78, 5) is 22.5. The van der Waals surface area contributed by atoms with E-state index >= 15 is 0 Å². The number of pyridine rings is 2. The Morgan fingerprint density at radius 2 is 1.71 bits per heavy atom. The van der Waals surface area contributed by atoms with E-state index in [0.29, 0.717) is 19.0 Å². The summed E-state index contributed by atoms with van der Waals surface area (Å²) in [7, 11) is 1.45. The number of carbonyl (C=O) groups is 1. The largest absolute Gasteiger partial charge is 0.419 e. The summed E-state index contributed by atoms with van der Waals surface area (Å²) in [6.07, 6.45) is -2.21. The van der Waals surface area contributed by atoms with Gasteiger partial charge in [-0.25, -0.2) is 9.97 Å². The number of para-hydroxylation sites is 1. The van der Waals surface area contributed by atoms with E-state index in [4.69, 9.17) is 4.74 Å². The second-order valence-corrected chi connectivity index (χ2v) is 7.49. The van der Waals surface area contributed by atoms with E-state index in [2.05, 4.69) is 30.8 Å². The lowest BCUT2D eigenvalue weighted by atomic mass is 10.1. The Labute approximate surface area is 194 Å². The molecule has 1 aliphatic heterocycles. The average molecular weight is 472 g/mol. The zero-order valence-corrected chi connectivity index (χ0v) is 18.3. The van der Waals surface area contributed by atoms with Crippen molar-refractivity contribution >= 4 is 34.6 Å². The van der Waals surface area contributed by atoms with Crippen molar-refractivity contribution in [2.45, 2.75) is 6.18 Å². The second kappa shape index (κ2) is 9.96. The first kappa shape index (κ1) is 23.3. The van der Waals surface area contributed by atoms with Crippen LogP contribution < -0.4 is 20.9 Å². The number of carbonyl (C=O) groups excluding carboxylic acids is 1. The number of morpholine rings is 1. The second-order valence-electron chi connectivity index (χ2n) is 7.49. The number of halogens is 3. The van der Waals surface area contributed by atoms with Gasteiger partial charge in [-0.2, -0.15) is 13.2 Å². The van der Waals surface area contributed by atoms with Gasteiger partial charge in [0.25, 0.3) is 5.91 Å². The van der Waals surface area contributed by atoms with Crippen molar-refractivity contribution in [2.75, 3.05) is 48.9 Å². The number of anilines is 5. The van der Waals surface area contributed by atoms with Gasteiger partial charge in [0.2, 0.25) is 0 Å². The molecule has 3 heterocycles. The Hall–Kier alpha value is -3.86. The molecule has 1 saturated heterocycles. The van der Waals surface area contributed by atoms with Crippen molar-refractivity contribution in [3.63, 3.8) is 0 Å². The van der Waals surface area contributed by atoms with Crippen molar-refractivity contribution < 1.29 is 22.7 Å². The van der Waals surface area contributed by atoms with Crippen LogP contribution in [0.5, 0.6) is 0 Å². The molecular formula is C23H23F3N6O2. The highest BCUT2D eigenvalue weighted by Gasteiger charge is 2.34. The Kier molecular flexibility index (Phi) is 6.82. The lowest BCUT2D eigenvalue weighted by Gasteiger charge is -2.28. The van der Waals surface area contributed by atoms with E-state index in [1.807, 2.05) is 6.07 Å². The predicted molar refractivity (Wildman–Crippen MR) is 123 cm³/mol. The minimum Gasteiger partial charge on any atom is -0.378 e. The number of hydrogen-bond donors (Lipinski definition) is 3. The van der Waals surface area contributed by atoms with Gasteiger partial charge in [-0.1, -0.05) is 12.1 Å². The first-order valence-corrected chi connectivity index (χ1v) is 10.6. The number of benzene rings is 1. The quantitative estimate of drug-likeness (QED) is 0.496. The molecule has 0 saturated carbocycles. The lowest BCUT2D eigenvalue weighted by molar-refractivity contribution is -0.137. The normalized spacial score (nSPS) is 13.9. The number of hydrogen-bond acceptors (Lipinski definition) is 7. The van der Waals surface area contributed by atoms with Crippen molar-refractivity contribution in [3.05, 3.63) is 66.0 Å². The van der Waals surface area contributed by atoms with Crippen LogP contribution >= 0.6 is 0 Å². The van der Waals surface area contributed by atoms with Gasteiger partial charge in [0.15, 0.2) is 0 Å². The molecule has 2 aromatic heterocycles. The first-order chi connectivity index (χ1) is 16.3. The molecular weight excluding hydrogens is 449 g/mol. The number of rotatable bonds is 6. The average Bonchev–Trinajstić information content (AvgIpc) is 2.84. The summed E-state index contributed by atoms with van der Waals surface area (Å²) in [5.41, 5.74) is 0.177. The first-order valence-electron chi connectivity index (χ1n) is 10.6. The minimum absolute atomic E-state index is 0.166. The Balaban J connectivity index is 1.59. The summed E-state index contributed by atoms with van der Waals surface area (Å²) in [6.45, 7) is 2.82. The van der Waals surface area contributed by atoms with Gasteiger partial charge in [0.05, 0.1) is 47.6 Å². The van der Waals surface area contributed by atoms with E-state index in [0.717, 1.165) is 25.0 Å². The maximum atomic E-state index is 13.7. The third-order valence-electron chi connectivity index (χ3n) is 5.26. The lowest BCUT2D eigenvalue weighted by Crippen LogP contribution is -2.36. The molecule has 0 spiro atoms. The summed E-state index contributed by atoms with van der Waals surface area (Å²) in [6, 6.07) is 11.2. The van der Waals surface area contributed by atoms with Crippen LogP contribution in [0.1, 0.15) is 15.9 Å². The molecule has 1 fully saturated rings. The molecule has 8 nitrogen and oxygen atoms in total. The third kappa shape index (κ3) is 5.37. The molecule has 0 bridgehead atoms. The van der Waals surface area contributed by atoms with E-state index < -0.39 is 17.6 Å². The molecule has 0 aliphatic carbocycles. The van der Waals surface area contributed by atoms with Gasteiger partial charge in [-0.3, -0.25) is 4.79 Å². The molecule has 11 heteroatoms. The number of alkyl halides is 3. The number of amides is 1. The standard InChI is InChI=1S/C23H23F3N6O2/c1-27-22(33)16-4-2-3-5-18(16)30-19-12-21(29-14-17(19)23(24,25)26)31-20-7-6-15(13-28-20)32-8-10-34-11-9-32/h2-7,12-14H,8-11H2,1H3,(H,27,33)(H2,28,29,30,31). The summed E-state index contributed by atoms with van der Waals surface area (Å²) >= 11 is 0. The maximum Gasteiger partial charge on any atom is 0.419 e. The molecule has 178 valence electrons. The topological polar surface area (TPSA) is 91.4 Å². The fourth-order valence-corrected chi connectivity index (χ4v) is 3.52.